The number of imide groups is 1. The van der Waals surface area contributed by atoms with Crippen LogP contribution in [0.15, 0.2) is 65.5 Å². The van der Waals surface area contributed by atoms with E-state index < -0.39 is 17.4 Å². The van der Waals surface area contributed by atoms with Gasteiger partial charge in [0.15, 0.2) is 0 Å². The molecule has 0 saturated heterocycles. The summed E-state index contributed by atoms with van der Waals surface area (Å²) in [6, 6.07) is 18.5. The van der Waals surface area contributed by atoms with Crippen LogP contribution in [0.4, 0.5) is 5.82 Å². The third-order valence-corrected chi connectivity index (χ3v) is 4.92. The number of anilines is 1. The summed E-state index contributed by atoms with van der Waals surface area (Å²) in [6.45, 7) is 0. The minimum absolute atomic E-state index is 0.0169. The van der Waals surface area contributed by atoms with Crippen LogP contribution in [0.25, 0.3) is 27.2 Å². The molecule has 3 N–H and O–H groups in total. The molecule has 1 aromatic heterocycles. The number of nitrogens with two attached hydrogens (primary N) is 1. The molecule has 1 aliphatic heterocycles. The van der Waals surface area contributed by atoms with Crippen LogP contribution >= 0.6 is 0 Å². The van der Waals surface area contributed by atoms with E-state index >= 15 is 0 Å². The number of nitrogens with one attached hydrogen (secondary N) is 1. The van der Waals surface area contributed by atoms with Gasteiger partial charge in [-0.15, -0.1) is 0 Å². The van der Waals surface area contributed by atoms with Crippen molar-refractivity contribution in [2.45, 2.75) is 0 Å². The molecule has 4 aromatic rings. The molecule has 0 unspecified atom stereocenters. The highest BCUT2D eigenvalue weighted by Gasteiger charge is 2.32. The van der Waals surface area contributed by atoms with E-state index in [2.05, 4.69) is 5.32 Å². The molecular weight excluding hydrogens is 342 g/mol. The number of nitrogen functional groups attached to an aromatic ring is 1. The van der Waals surface area contributed by atoms with Crippen molar-refractivity contribution < 1.29 is 9.59 Å². The standard InChI is InChI=1S/C21H13N3O3/c22-19-17-15(20(26)23-21(17)27)10-16(25)24(19)18-13-7-3-1-5-11(13)9-12-6-2-4-8-14(12)18/h1-10H,22H2,(H,23,26,27). The summed E-state index contributed by atoms with van der Waals surface area (Å²) in [6.07, 6.45) is 0. The largest absolute Gasteiger partial charge is 0.384 e. The van der Waals surface area contributed by atoms with Crippen LogP contribution in [0.3, 0.4) is 0 Å². The Bertz CT molecular complexity index is 1310. The lowest BCUT2D eigenvalue weighted by Crippen LogP contribution is -2.24. The van der Waals surface area contributed by atoms with E-state index in [4.69, 9.17) is 5.73 Å². The molecule has 0 radical (unpaired) electrons. The van der Waals surface area contributed by atoms with E-state index in [0.29, 0.717) is 5.69 Å². The molecule has 0 spiro atoms. The molecule has 6 heteroatoms. The van der Waals surface area contributed by atoms with Gasteiger partial charge in [0.25, 0.3) is 17.4 Å². The Labute approximate surface area is 152 Å². The molecule has 2 heterocycles. The maximum atomic E-state index is 12.9. The zero-order valence-electron chi connectivity index (χ0n) is 14.0. The van der Waals surface area contributed by atoms with E-state index in [1.807, 2.05) is 54.6 Å². The zero-order valence-corrected chi connectivity index (χ0v) is 14.0. The average molecular weight is 355 g/mol. The number of rotatable bonds is 1. The number of amides is 2. The second kappa shape index (κ2) is 5.28. The van der Waals surface area contributed by atoms with Crippen molar-refractivity contribution in [3.63, 3.8) is 0 Å². The number of benzene rings is 3. The van der Waals surface area contributed by atoms with Crippen molar-refractivity contribution in [2.24, 2.45) is 0 Å². The Morgan fingerprint density at radius 1 is 0.778 bits per heavy atom. The molecule has 27 heavy (non-hydrogen) atoms. The van der Waals surface area contributed by atoms with Crippen molar-refractivity contribution in [2.75, 3.05) is 5.73 Å². The van der Waals surface area contributed by atoms with Gasteiger partial charge in [-0.3, -0.25) is 24.3 Å². The van der Waals surface area contributed by atoms with E-state index in [9.17, 15) is 14.4 Å². The van der Waals surface area contributed by atoms with E-state index in [-0.39, 0.29) is 16.9 Å². The van der Waals surface area contributed by atoms with Crippen LogP contribution in [0.5, 0.6) is 0 Å². The summed E-state index contributed by atoms with van der Waals surface area (Å²) in [4.78, 5) is 37.0. The van der Waals surface area contributed by atoms with Gasteiger partial charge in [0.2, 0.25) is 0 Å². The lowest BCUT2D eigenvalue weighted by Gasteiger charge is -2.17. The molecule has 0 saturated carbocycles. The quantitative estimate of drug-likeness (QED) is 0.405. The third-order valence-electron chi connectivity index (χ3n) is 4.92. The van der Waals surface area contributed by atoms with Crippen LogP contribution in [-0.4, -0.2) is 16.4 Å². The van der Waals surface area contributed by atoms with Crippen molar-refractivity contribution in [3.8, 4) is 5.69 Å². The Kier molecular flexibility index (Phi) is 3.00. The van der Waals surface area contributed by atoms with E-state index in [0.717, 1.165) is 21.5 Å². The first-order valence-corrected chi connectivity index (χ1v) is 8.38. The van der Waals surface area contributed by atoms with Crippen LogP contribution in [-0.2, 0) is 0 Å². The highest BCUT2D eigenvalue weighted by atomic mass is 16.2. The average Bonchev–Trinajstić information content (AvgIpc) is 2.94. The first-order chi connectivity index (χ1) is 13.1. The topological polar surface area (TPSA) is 94.2 Å². The summed E-state index contributed by atoms with van der Waals surface area (Å²) in [5.74, 6) is -1.23. The van der Waals surface area contributed by atoms with Crippen molar-refractivity contribution in [1.29, 1.82) is 0 Å². The van der Waals surface area contributed by atoms with Gasteiger partial charge in [0.05, 0.1) is 16.8 Å². The fourth-order valence-electron chi connectivity index (χ4n) is 3.74. The summed E-state index contributed by atoms with van der Waals surface area (Å²) in [5, 5.41) is 5.74. The number of nitrogens with zero attached hydrogens (tertiary/aromatic N) is 1. The Hall–Kier alpha value is -3.93. The summed E-state index contributed by atoms with van der Waals surface area (Å²) >= 11 is 0. The van der Waals surface area contributed by atoms with Gasteiger partial charge in [-0.2, -0.15) is 0 Å². The van der Waals surface area contributed by atoms with Crippen molar-refractivity contribution in [1.82, 2.24) is 9.88 Å². The maximum Gasteiger partial charge on any atom is 0.262 e. The molecule has 1 aliphatic rings. The molecule has 5 rings (SSSR count). The lowest BCUT2D eigenvalue weighted by molar-refractivity contribution is 0.0880. The second-order valence-electron chi connectivity index (χ2n) is 6.44. The van der Waals surface area contributed by atoms with Crippen molar-refractivity contribution in [3.05, 3.63) is 82.1 Å². The van der Waals surface area contributed by atoms with Gasteiger partial charge >= 0.3 is 0 Å². The minimum atomic E-state index is -0.603. The van der Waals surface area contributed by atoms with Crippen molar-refractivity contribution >= 4 is 39.2 Å². The fraction of sp³-hybridized carbons (Fsp3) is 0. The fourth-order valence-corrected chi connectivity index (χ4v) is 3.74. The molecule has 0 atom stereocenters. The number of hydrogen-bond donors (Lipinski definition) is 2. The number of fused-ring (bicyclic) bond motifs is 3. The predicted octanol–water partition coefficient (Wildman–Crippen LogP) is 2.61. The third kappa shape index (κ3) is 2.04. The van der Waals surface area contributed by atoms with Crippen LogP contribution in [0.2, 0.25) is 0 Å². The lowest BCUT2D eigenvalue weighted by atomic mass is 10.00. The molecule has 130 valence electrons. The summed E-state index contributed by atoms with van der Waals surface area (Å²) in [7, 11) is 0. The van der Waals surface area contributed by atoms with E-state index in [1.54, 1.807) is 0 Å². The Morgan fingerprint density at radius 2 is 1.37 bits per heavy atom. The highest BCUT2D eigenvalue weighted by Crippen LogP contribution is 2.33. The molecule has 0 fully saturated rings. The zero-order chi connectivity index (χ0) is 18.7. The SMILES string of the molecule is Nc1c2c(cc(=O)n1-c1c3ccccc3cc3ccccc13)C(=O)NC2=O. The monoisotopic (exact) mass is 355 g/mol. The first-order valence-electron chi connectivity index (χ1n) is 8.38. The first kappa shape index (κ1) is 15.3. The Balaban J connectivity index is 2.01. The smallest absolute Gasteiger partial charge is 0.262 e. The second-order valence-corrected chi connectivity index (χ2v) is 6.44. The molecular formula is C21H13N3O3. The number of aromatic nitrogens is 1. The van der Waals surface area contributed by atoms with Crippen LogP contribution in [0, 0.1) is 0 Å². The minimum Gasteiger partial charge on any atom is -0.384 e. The van der Waals surface area contributed by atoms with Gasteiger partial charge < -0.3 is 5.73 Å². The van der Waals surface area contributed by atoms with Gasteiger partial charge in [0.1, 0.15) is 5.82 Å². The molecule has 0 aliphatic carbocycles. The van der Waals surface area contributed by atoms with Gasteiger partial charge in [-0.05, 0) is 16.8 Å². The highest BCUT2D eigenvalue weighted by molar-refractivity contribution is 6.23. The Morgan fingerprint density at radius 3 is 2.00 bits per heavy atom. The normalized spacial score (nSPS) is 13.2. The number of pyridine rings is 1. The number of carbonyl (C=O) groups is 2. The summed E-state index contributed by atoms with van der Waals surface area (Å²) < 4.78 is 1.32. The predicted molar refractivity (Wildman–Crippen MR) is 103 cm³/mol. The maximum absolute atomic E-state index is 12.9. The molecule has 2 amide bonds. The van der Waals surface area contributed by atoms with Gasteiger partial charge in [0, 0.05) is 16.8 Å². The van der Waals surface area contributed by atoms with Crippen LogP contribution in [0.1, 0.15) is 20.7 Å². The molecule has 3 aromatic carbocycles. The summed E-state index contributed by atoms with van der Waals surface area (Å²) in [5.41, 5.74) is 6.45. The van der Waals surface area contributed by atoms with E-state index in [1.165, 1.54) is 10.6 Å². The molecule has 6 nitrogen and oxygen atoms in total. The molecule has 0 bridgehead atoms. The van der Waals surface area contributed by atoms with Gasteiger partial charge in [-0.25, -0.2) is 0 Å². The number of carbonyl (C=O) groups excluding carboxylic acids is 2. The van der Waals surface area contributed by atoms with Gasteiger partial charge in [-0.1, -0.05) is 48.5 Å². The van der Waals surface area contributed by atoms with Crippen LogP contribution < -0.4 is 16.6 Å². The number of hydrogen-bond acceptors (Lipinski definition) is 4.